The topological polar surface area (TPSA) is 41.6 Å². The van der Waals surface area contributed by atoms with Crippen molar-refractivity contribution < 1.29 is 18.3 Å². The maximum absolute atomic E-state index is 13.3. The van der Waals surface area contributed by atoms with Crippen LogP contribution in [-0.2, 0) is 11.3 Å². The van der Waals surface area contributed by atoms with Gasteiger partial charge in [0.25, 0.3) is 5.91 Å². The highest BCUT2D eigenvalue weighted by molar-refractivity contribution is 5.81. The Balaban J connectivity index is 1.43. The Hall–Kier alpha value is -2.47. The van der Waals surface area contributed by atoms with Crippen LogP contribution in [0.1, 0.15) is 25.3 Å². The van der Waals surface area contributed by atoms with Gasteiger partial charge in [0.1, 0.15) is 5.75 Å². The number of piperidine rings is 1. The maximum Gasteiger partial charge on any atom is 0.260 e. The Morgan fingerprint density at radius 2 is 1.85 bits per heavy atom. The van der Waals surface area contributed by atoms with E-state index in [0.717, 1.165) is 37.6 Å². The molecular weight excluding hydrogens is 350 g/mol. The van der Waals surface area contributed by atoms with Gasteiger partial charge in [0.2, 0.25) is 0 Å². The molecule has 144 valence electrons. The van der Waals surface area contributed by atoms with Crippen molar-refractivity contribution in [1.82, 2.24) is 10.2 Å². The summed E-state index contributed by atoms with van der Waals surface area (Å²) in [5.41, 5.74) is 0.751. The predicted molar refractivity (Wildman–Crippen MR) is 99.3 cm³/mol. The van der Waals surface area contributed by atoms with Crippen molar-refractivity contribution in [2.45, 2.75) is 38.5 Å². The molecule has 1 aliphatic heterocycles. The molecule has 0 bridgehead atoms. The Kier molecular flexibility index (Phi) is 6.40. The summed E-state index contributed by atoms with van der Waals surface area (Å²) in [4.78, 5) is 14.5. The quantitative estimate of drug-likeness (QED) is 0.841. The van der Waals surface area contributed by atoms with E-state index in [4.69, 9.17) is 4.74 Å². The first-order valence-electron chi connectivity index (χ1n) is 9.19. The van der Waals surface area contributed by atoms with Crippen LogP contribution in [0, 0.1) is 11.6 Å². The van der Waals surface area contributed by atoms with Crippen LogP contribution < -0.4 is 10.1 Å². The van der Waals surface area contributed by atoms with Crippen LogP contribution in [0.5, 0.6) is 5.75 Å². The van der Waals surface area contributed by atoms with Crippen molar-refractivity contribution >= 4 is 5.91 Å². The zero-order chi connectivity index (χ0) is 19.2. The van der Waals surface area contributed by atoms with E-state index in [9.17, 15) is 13.6 Å². The molecule has 6 heteroatoms. The van der Waals surface area contributed by atoms with E-state index in [1.165, 1.54) is 6.07 Å². The normalized spacial score (nSPS) is 16.7. The molecule has 0 radical (unpaired) electrons. The van der Waals surface area contributed by atoms with E-state index in [0.29, 0.717) is 12.3 Å². The summed E-state index contributed by atoms with van der Waals surface area (Å²) in [7, 11) is 0. The molecule has 1 atom stereocenters. The molecule has 4 nitrogen and oxygen atoms in total. The average molecular weight is 374 g/mol. The van der Waals surface area contributed by atoms with Crippen LogP contribution in [0.3, 0.4) is 0 Å². The maximum atomic E-state index is 13.3. The van der Waals surface area contributed by atoms with Gasteiger partial charge >= 0.3 is 0 Å². The monoisotopic (exact) mass is 374 g/mol. The molecule has 27 heavy (non-hydrogen) atoms. The lowest BCUT2D eigenvalue weighted by atomic mass is 10.0. The van der Waals surface area contributed by atoms with Gasteiger partial charge in [0, 0.05) is 25.7 Å². The number of hydrogen-bond acceptors (Lipinski definition) is 3. The van der Waals surface area contributed by atoms with E-state index in [-0.39, 0.29) is 11.9 Å². The molecule has 0 saturated carbocycles. The lowest BCUT2D eigenvalue weighted by molar-refractivity contribution is -0.128. The Bertz CT molecular complexity index is 762. The lowest BCUT2D eigenvalue weighted by Crippen LogP contribution is -2.47. The molecule has 1 saturated heterocycles. The average Bonchev–Trinajstić information content (AvgIpc) is 2.67. The number of carbonyl (C=O) groups is 1. The van der Waals surface area contributed by atoms with Crippen molar-refractivity contribution in [2.75, 3.05) is 13.1 Å². The van der Waals surface area contributed by atoms with E-state index in [1.807, 2.05) is 30.3 Å². The summed E-state index contributed by atoms with van der Waals surface area (Å²) in [6.45, 7) is 3.89. The van der Waals surface area contributed by atoms with Gasteiger partial charge < -0.3 is 10.1 Å². The first-order valence-corrected chi connectivity index (χ1v) is 9.19. The van der Waals surface area contributed by atoms with Gasteiger partial charge in [0.15, 0.2) is 17.7 Å². The highest BCUT2D eigenvalue weighted by Crippen LogP contribution is 2.16. The van der Waals surface area contributed by atoms with Gasteiger partial charge in [0.05, 0.1) is 0 Å². The van der Waals surface area contributed by atoms with Crippen LogP contribution in [0.25, 0.3) is 0 Å². The van der Waals surface area contributed by atoms with Crippen LogP contribution in [0.15, 0.2) is 48.5 Å². The second-order valence-electron chi connectivity index (χ2n) is 6.88. The number of halogens is 2. The zero-order valence-electron chi connectivity index (χ0n) is 15.3. The third-order valence-electron chi connectivity index (χ3n) is 4.75. The van der Waals surface area contributed by atoms with Crippen LogP contribution in [-0.4, -0.2) is 36.0 Å². The van der Waals surface area contributed by atoms with Crippen molar-refractivity contribution in [3.8, 4) is 5.75 Å². The molecule has 2 aromatic carbocycles. The first-order chi connectivity index (χ1) is 13.0. The first kappa shape index (κ1) is 19.3. The third kappa shape index (κ3) is 5.50. The summed E-state index contributed by atoms with van der Waals surface area (Å²) in [6, 6.07) is 13.4. The van der Waals surface area contributed by atoms with Gasteiger partial charge in [-0.05, 0) is 49.6 Å². The summed E-state index contributed by atoms with van der Waals surface area (Å²) in [5.74, 6) is -1.10. The number of amides is 1. The zero-order valence-corrected chi connectivity index (χ0v) is 15.3. The smallest absolute Gasteiger partial charge is 0.260 e. The number of rotatable bonds is 6. The largest absolute Gasteiger partial charge is 0.481 e. The molecule has 1 fully saturated rings. The second kappa shape index (κ2) is 8.95. The number of benzene rings is 2. The number of nitrogens with one attached hydrogen (secondary N) is 1. The van der Waals surface area contributed by atoms with Gasteiger partial charge in [-0.15, -0.1) is 0 Å². The van der Waals surface area contributed by atoms with Crippen molar-refractivity contribution in [2.24, 2.45) is 0 Å². The number of para-hydroxylation sites is 1. The minimum Gasteiger partial charge on any atom is -0.481 e. The number of hydrogen-bond donors (Lipinski definition) is 1. The molecule has 0 aromatic heterocycles. The highest BCUT2D eigenvalue weighted by atomic mass is 19.2. The SMILES string of the molecule is C[C@@H](Oc1ccccc1)C(=O)NC1CCN(Cc2ccc(F)c(F)c2)CC1. The summed E-state index contributed by atoms with van der Waals surface area (Å²) >= 11 is 0. The summed E-state index contributed by atoms with van der Waals surface area (Å²) < 4.78 is 32.0. The lowest BCUT2D eigenvalue weighted by Gasteiger charge is -2.32. The van der Waals surface area contributed by atoms with Gasteiger partial charge in [-0.3, -0.25) is 9.69 Å². The fourth-order valence-electron chi connectivity index (χ4n) is 3.21. The molecule has 1 N–H and O–H groups in total. The molecule has 0 aliphatic carbocycles. The van der Waals surface area contributed by atoms with E-state index < -0.39 is 17.7 Å². The van der Waals surface area contributed by atoms with Crippen LogP contribution in [0.4, 0.5) is 8.78 Å². The molecular formula is C21H24F2N2O2. The van der Waals surface area contributed by atoms with E-state index >= 15 is 0 Å². The van der Waals surface area contributed by atoms with E-state index in [2.05, 4.69) is 10.2 Å². The Morgan fingerprint density at radius 3 is 2.52 bits per heavy atom. The molecule has 3 rings (SSSR count). The minimum atomic E-state index is -0.827. The van der Waals surface area contributed by atoms with Crippen LogP contribution in [0.2, 0.25) is 0 Å². The molecule has 1 aliphatic rings. The van der Waals surface area contributed by atoms with E-state index in [1.54, 1.807) is 13.0 Å². The number of nitrogens with zero attached hydrogens (tertiary/aromatic N) is 1. The van der Waals surface area contributed by atoms with Crippen molar-refractivity contribution in [3.63, 3.8) is 0 Å². The van der Waals surface area contributed by atoms with Crippen molar-refractivity contribution in [3.05, 3.63) is 65.7 Å². The van der Waals surface area contributed by atoms with Gasteiger partial charge in [-0.1, -0.05) is 24.3 Å². The Morgan fingerprint density at radius 1 is 1.15 bits per heavy atom. The fraction of sp³-hybridized carbons (Fsp3) is 0.381. The molecule has 1 amide bonds. The molecule has 0 unspecified atom stereocenters. The number of ether oxygens (including phenoxy) is 1. The molecule has 2 aromatic rings. The van der Waals surface area contributed by atoms with Crippen molar-refractivity contribution in [1.29, 1.82) is 0 Å². The minimum absolute atomic E-state index is 0.0977. The highest BCUT2D eigenvalue weighted by Gasteiger charge is 2.23. The third-order valence-corrected chi connectivity index (χ3v) is 4.75. The van der Waals surface area contributed by atoms with Gasteiger partial charge in [-0.25, -0.2) is 8.78 Å². The second-order valence-corrected chi connectivity index (χ2v) is 6.88. The number of likely N-dealkylation sites (tertiary alicyclic amines) is 1. The number of carbonyl (C=O) groups excluding carboxylic acids is 1. The molecule has 0 spiro atoms. The fourth-order valence-corrected chi connectivity index (χ4v) is 3.21. The molecule has 1 heterocycles. The summed E-state index contributed by atoms with van der Waals surface area (Å²) in [6.07, 6.45) is 1.06. The summed E-state index contributed by atoms with van der Waals surface area (Å²) in [5, 5.41) is 3.04. The van der Waals surface area contributed by atoms with Crippen LogP contribution >= 0.6 is 0 Å². The predicted octanol–water partition coefficient (Wildman–Crippen LogP) is 3.51. The Labute approximate surface area is 158 Å². The standard InChI is InChI=1S/C21H24F2N2O2/c1-15(27-18-5-3-2-4-6-18)21(26)24-17-9-11-25(12-10-17)14-16-7-8-19(22)20(23)13-16/h2-8,13,15,17H,9-12,14H2,1H3,(H,24,26)/t15-/m1/s1. The van der Waals surface area contributed by atoms with Gasteiger partial charge in [-0.2, -0.15) is 0 Å².